The van der Waals surface area contributed by atoms with Gasteiger partial charge in [0.05, 0.1) is 10.5 Å². The molecule has 130 valence electrons. The second kappa shape index (κ2) is 7.83. The van der Waals surface area contributed by atoms with Gasteiger partial charge in [-0.15, -0.1) is 11.8 Å². The molecule has 0 radical (unpaired) electrons. The van der Waals surface area contributed by atoms with E-state index in [-0.39, 0.29) is 34.8 Å². The van der Waals surface area contributed by atoms with Crippen LogP contribution in [0.3, 0.4) is 0 Å². The molecule has 1 aliphatic rings. The zero-order chi connectivity index (χ0) is 17.9. The maximum absolute atomic E-state index is 12.4. The highest BCUT2D eigenvalue weighted by Gasteiger charge is 2.40. The van der Waals surface area contributed by atoms with Crippen LogP contribution in [0.1, 0.15) is 37.8 Å². The van der Waals surface area contributed by atoms with Crippen LogP contribution in [0, 0.1) is 13.8 Å². The van der Waals surface area contributed by atoms with Crippen molar-refractivity contribution in [3.63, 3.8) is 0 Å². The maximum atomic E-state index is 12.4. The number of rotatable bonds is 5. The lowest BCUT2D eigenvalue weighted by Gasteiger charge is -2.34. The summed E-state index contributed by atoms with van der Waals surface area (Å²) < 4.78 is 0. The molecule has 1 fully saturated rings. The summed E-state index contributed by atoms with van der Waals surface area (Å²) >= 11 is 1.41. The molecule has 0 aromatic heterocycles. The van der Waals surface area contributed by atoms with E-state index in [2.05, 4.69) is 5.32 Å². The van der Waals surface area contributed by atoms with Crippen LogP contribution in [-0.2, 0) is 14.4 Å². The van der Waals surface area contributed by atoms with Crippen LogP contribution in [-0.4, -0.2) is 39.7 Å². The lowest BCUT2D eigenvalue weighted by atomic mass is 10.1. The smallest absolute Gasteiger partial charge is 0.244 e. The number of nitrogens with one attached hydrogen (secondary N) is 1. The normalized spacial score (nSPS) is 21.1. The van der Waals surface area contributed by atoms with Gasteiger partial charge < -0.3 is 5.32 Å². The van der Waals surface area contributed by atoms with Crippen LogP contribution in [0.2, 0.25) is 0 Å². The molecule has 0 saturated carbocycles. The molecule has 1 saturated heterocycles. The van der Waals surface area contributed by atoms with Gasteiger partial charge in [0.1, 0.15) is 6.54 Å². The highest BCUT2D eigenvalue weighted by molar-refractivity contribution is 8.02. The summed E-state index contributed by atoms with van der Waals surface area (Å²) in [6.45, 7) is 7.53. The maximum Gasteiger partial charge on any atom is 0.244 e. The largest absolute Gasteiger partial charge is 0.325 e. The molecule has 0 aliphatic carbocycles. The summed E-state index contributed by atoms with van der Waals surface area (Å²) in [4.78, 5) is 38.3. The molecule has 1 aromatic rings. The molecule has 1 aromatic carbocycles. The Morgan fingerprint density at radius 3 is 2.00 bits per heavy atom. The number of imide groups is 1. The van der Waals surface area contributed by atoms with Crippen molar-refractivity contribution in [2.75, 3.05) is 11.9 Å². The third-order valence-corrected chi connectivity index (χ3v) is 5.69. The van der Waals surface area contributed by atoms with Gasteiger partial charge in [-0.25, -0.2) is 0 Å². The first kappa shape index (κ1) is 18.5. The standard InChI is InChI=1S/C18H24N2O3S/c1-5-14-17(22)20(18(23)15(6-2)24-14)10-16(21)19-13-8-11(3)7-12(4)9-13/h7-9,14-15H,5-6,10H2,1-4H3,(H,19,21)/t14-,15+. The average molecular weight is 348 g/mol. The number of hydrogen-bond acceptors (Lipinski definition) is 4. The second-order valence-corrected chi connectivity index (χ2v) is 7.53. The van der Waals surface area contributed by atoms with Crippen LogP contribution in [0.5, 0.6) is 0 Å². The fourth-order valence-electron chi connectivity index (χ4n) is 2.86. The summed E-state index contributed by atoms with van der Waals surface area (Å²) in [5.41, 5.74) is 2.77. The first-order chi connectivity index (χ1) is 11.3. The SMILES string of the molecule is CC[C@@H]1S[C@H](CC)C(=O)N(CC(=O)Nc2cc(C)cc(C)c2)C1=O. The van der Waals surface area contributed by atoms with E-state index in [4.69, 9.17) is 0 Å². The van der Waals surface area contributed by atoms with E-state index in [1.165, 1.54) is 11.8 Å². The highest BCUT2D eigenvalue weighted by atomic mass is 32.2. The first-order valence-corrected chi connectivity index (χ1v) is 9.18. The third-order valence-electron chi connectivity index (χ3n) is 3.96. The van der Waals surface area contributed by atoms with Gasteiger partial charge in [-0.1, -0.05) is 19.9 Å². The quantitative estimate of drug-likeness (QED) is 0.831. The fourth-order valence-corrected chi connectivity index (χ4v) is 4.13. The second-order valence-electron chi connectivity index (χ2n) is 6.12. The number of anilines is 1. The Morgan fingerprint density at radius 1 is 1.04 bits per heavy atom. The van der Waals surface area contributed by atoms with Gasteiger partial charge in [0.25, 0.3) is 0 Å². The average Bonchev–Trinajstić information content (AvgIpc) is 2.50. The monoisotopic (exact) mass is 348 g/mol. The molecule has 1 heterocycles. The zero-order valence-electron chi connectivity index (χ0n) is 14.6. The van der Waals surface area contributed by atoms with Gasteiger partial charge in [0.15, 0.2) is 0 Å². The molecule has 0 spiro atoms. The molecule has 2 atom stereocenters. The highest BCUT2D eigenvalue weighted by Crippen LogP contribution is 2.31. The molecule has 1 N–H and O–H groups in total. The zero-order valence-corrected chi connectivity index (χ0v) is 15.4. The van der Waals surface area contributed by atoms with Crippen molar-refractivity contribution in [3.05, 3.63) is 29.3 Å². The predicted molar refractivity (Wildman–Crippen MR) is 97.0 cm³/mol. The number of nitrogens with zero attached hydrogens (tertiary/aromatic N) is 1. The number of carbonyl (C=O) groups excluding carboxylic acids is 3. The Balaban J connectivity index is 2.10. The number of carbonyl (C=O) groups is 3. The Morgan fingerprint density at radius 2 is 1.54 bits per heavy atom. The number of amides is 3. The third kappa shape index (κ3) is 4.17. The lowest BCUT2D eigenvalue weighted by Crippen LogP contribution is -2.53. The van der Waals surface area contributed by atoms with E-state index in [1.54, 1.807) is 0 Å². The van der Waals surface area contributed by atoms with Crippen molar-refractivity contribution in [2.24, 2.45) is 0 Å². The Kier molecular flexibility index (Phi) is 6.04. The topological polar surface area (TPSA) is 66.5 Å². The molecule has 5 nitrogen and oxygen atoms in total. The molecule has 2 rings (SSSR count). The van der Waals surface area contributed by atoms with Crippen LogP contribution in [0.25, 0.3) is 0 Å². The minimum Gasteiger partial charge on any atom is -0.325 e. The van der Waals surface area contributed by atoms with E-state index >= 15 is 0 Å². The first-order valence-electron chi connectivity index (χ1n) is 8.24. The van der Waals surface area contributed by atoms with Crippen molar-refractivity contribution >= 4 is 35.2 Å². The van der Waals surface area contributed by atoms with Gasteiger partial charge in [-0.05, 0) is 49.9 Å². The molecular formula is C18H24N2O3S. The van der Waals surface area contributed by atoms with Crippen LogP contribution in [0.4, 0.5) is 5.69 Å². The number of hydrogen-bond donors (Lipinski definition) is 1. The Labute approximate surface area is 147 Å². The van der Waals surface area contributed by atoms with Crippen molar-refractivity contribution in [3.8, 4) is 0 Å². The number of benzene rings is 1. The minimum atomic E-state index is -0.349. The van der Waals surface area contributed by atoms with Gasteiger partial charge in [-0.3, -0.25) is 19.3 Å². The molecule has 0 bridgehead atoms. The summed E-state index contributed by atoms with van der Waals surface area (Å²) in [6.07, 6.45) is 1.31. The molecule has 6 heteroatoms. The van der Waals surface area contributed by atoms with E-state index in [1.807, 2.05) is 45.9 Å². The van der Waals surface area contributed by atoms with Gasteiger partial charge in [0.2, 0.25) is 17.7 Å². The Hall–Kier alpha value is -1.82. The minimum absolute atomic E-state index is 0.224. The van der Waals surface area contributed by atoms with Gasteiger partial charge in [0, 0.05) is 5.69 Å². The summed E-state index contributed by atoms with van der Waals surface area (Å²) in [7, 11) is 0. The lowest BCUT2D eigenvalue weighted by molar-refractivity contribution is -0.147. The molecular weight excluding hydrogens is 324 g/mol. The van der Waals surface area contributed by atoms with Gasteiger partial charge in [-0.2, -0.15) is 0 Å². The molecule has 3 amide bonds. The number of aryl methyl sites for hydroxylation is 2. The van der Waals surface area contributed by atoms with E-state index < -0.39 is 0 Å². The predicted octanol–water partition coefficient (Wildman–Crippen LogP) is 2.90. The van der Waals surface area contributed by atoms with Crippen LogP contribution in [0.15, 0.2) is 18.2 Å². The van der Waals surface area contributed by atoms with Crippen LogP contribution >= 0.6 is 11.8 Å². The van der Waals surface area contributed by atoms with Crippen molar-refractivity contribution < 1.29 is 14.4 Å². The molecule has 24 heavy (non-hydrogen) atoms. The molecule has 1 aliphatic heterocycles. The Bertz CT molecular complexity index is 617. The fraction of sp³-hybridized carbons (Fsp3) is 0.500. The van der Waals surface area contributed by atoms with Crippen molar-refractivity contribution in [2.45, 2.75) is 51.0 Å². The summed E-state index contributed by atoms with van der Waals surface area (Å²) in [6, 6.07) is 5.75. The van der Waals surface area contributed by atoms with E-state index in [0.717, 1.165) is 16.0 Å². The number of thioether (sulfide) groups is 1. The van der Waals surface area contributed by atoms with E-state index in [0.29, 0.717) is 18.5 Å². The molecule has 0 unspecified atom stereocenters. The van der Waals surface area contributed by atoms with Crippen molar-refractivity contribution in [1.82, 2.24) is 4.90 Å². The van der Waals surface area contributed by atoms with Gasteiger partial charge >= 0.3 is 0 Å². The van der Waals surface area contributed by atoms with Crippen LogP contribution < -0.4 is 5.32 Å². The van der Waals surface area contributed by atoms with Crippen molar-refractivity contribution in [1.29, 1.82) is 0 Å². The van der Waals surface area contributed by atoms with E-state index in [9.17, 15) is 14.4 Å². The summed E-state index contributed by atoms with van der Waals surface area (Å²) in [5, 5.41) is 2.29. The summed E-state index contributed by atoms with van der Waals surface area (Å²) in [5.74, 6) is -0.862.